The van der Waals surface area contributed by atoms with Gasteiger partial charge in [-0.3, -0.25) is 0 Å². The molecule has 1 aromatic carbocycles. The molecule has 0 radical (unpaired) electrons. The van der Waals surface area contributed by atoms with Gasteiger partial charge in [0.05, 0.1) is 12.6 Å². The van der Waals surface area contributed by atoms with Crippen LogP contribution in [0.25, 0.3) is 0 Å². The van der Waals surface area contributed by atoms with Crippen molar-refractivity contribution in [3.63, 3.8) is 0 Å². The summed E-state index contributed by atoms with van der Waals surface area (Å²) in [4.78, 5) is 22.7. The van der Waals surface area contributed by atoms with Crippen LogP contribution in [-0.4, -0.2) is 29.7 Å². The number of benzene rings is 1. The van der Waals surface area contributed by atoms with E-state index in [1.165, 1.54) is 0 Å². The number of aliphatic hydroxyl groups excluding tert-OH is 1. The van der Waals surface area contributed by atoms with Crippen molar-refractivity contribution in [3.8, 4) is 0 Å². The molecule has 0 bridgehead atoms. The fraction of sp³-hybridized carbons (Fsp3) is 0.556. The third-order valence-electron chi connectivity index (χ3n) is 3.47. The highest BCUT2D eigenvalue weighted by atomic mass is 16.6. The van der Waals surface area contributed by atoms with Crippen molar-refractivity contribution < 1.29 is 19.4 Å². The Hall–Kier alpha value is -1.88. The lowest BCUT2D eigenvalue weighted by Crippen LogP contribution is -2.34. The van der Waals surface area contributed by atoms with Crippen molar-refractivity contribution in [1.82, 2.24) is 5.32 Å². The summed E-state index contributed by atoms with van der Waals surface area (Å²) in [6.07, 6.45) is 1.57. The van der Waals surface area contributed by atoms with Crippen molar-refractivity contribution in [2.75, 3.05) is 6.61 Å². The molecule has 23 heavy (non-hydrogen) atoms. The second kappa shape index (κ2) is 8.67. The minimum Gasteiger partial charge on any atom is -0.444 e. The Labute approximate surface area is 138 Å². The quantitative estimate of drug-likeness (QED) is 0.757. The van der Waals surface area contributed by atoms with Gasteiger partial charge in [0.25, 0.3) is 0 Å². The molecule has 1 unspecified atom stereocenters. The van der Waals surface area contributed by atoms with E-state index < -0.39 is 11.7 Å². The van der Waals surface area contributed by atoms with Gasteiger partial charge >= 0.3 is 6.09 Å². The third-order valence-corrected chi connectivity index (χ3v) is 3.47. The number of rotatable bonds is 7. The molecule has 2 atom stereocenters. The minimum atomic E-state index is -0.540. The van der Waals surface area contributed by atoms with E-state index in [-0.39, 0.29) is 18.6 Å². The van der Waals surface area contributed by atoms with Gasteiger partial charge in [-0.05, 0) is 51.7 Å². The first-order chi connectivity index (χ1) is 10.8. The molecule has 0 spiro atoms. The summed E-state index contributed by atoms with van der Waals surface area (Å²) in [5, 5.41) is 11.9. The van der Waals surface area contributed by atoms with Crippen LogP contribution in [0.3, 0.4) is 0 Å². The zero-order valence-electron chi connectivity index (χ0n) is 14.3. The van der Waals surface area contributed by atoms with Crippen molar-refractivity contribution in [1.29, 1.82) is 0 Å². The number of aldehydes is 1. The molecule has 5 nitrogen and oxygen atoms in total. The van der Waals surface area contributed by atoms with Gasteiger partial charge in [-0.25, -0.2) is 4.79 Å². The van der Waals surface area contributed by atoms with Gasteiger partial charge < -0.3 is 20.0 Å². The average Bonchev–Trinajstić information content (AvgIpc) is 2.46. The van der Waals surface area contributed by atoms with E-state index in [2.05, 4.69) is 5.32 Å². The molecule has 5 heteroatoms. The first-order valence-corrected chi connectivity index (χ1v) is 7.90. The number of ether oxygens (including phenoxy) is 1. The van der Waals surface area contributed by atoms with Crippen LogP contribution in [0.2, 0.25) is 0 Å². The fourth-order valence-corrected chi connectivity index (χ4v) is 2.29. The van der Waals surface area contributed by atoms with Crippen molar-refractivity contribution in [2.24, 2.45) is 5.92 Å². The first kappa shape index (κ1) is 19.2. The minimum absolute atomic E-state index is 0.141. The number of amides is 1. The summed E-state index contributed by atoms with van der Waals surface area (Å²) < 4.78 is 5.27. The Morgan fingerprint density at radius 1 is 1.35 bits per heavy atom. The Morgan fingerprint density at radius 3 is 2.57 bits per heavy atom. The van der Waals surface area contributed by atoms with E-state index in [0.29, 0.717) is 12.8 Å². The molecule has 1 aromatic rings. The van der Waals surface area contributed by atoms with Crippen molar-refractivity contribution in [2.45, 2.75) is 52.2 Å². The van der Waals surface area contributed by atoms with Gasteiger partial charge in [-0.1, -0.05) is 24.3 Å². The predicted octanol–water partition coefficient (Wildman–Crippen LogP) is 3.01. The number of hydrogen-bond acceptors (Lipinski definition) is 4. The van der Waals surface area contributed by atoms with Gasteiger partial charge in [0.15, 0.2) is 0 Å². The van der Waals surface area contributed by atoms with Crippen molar-refractivity contribution >= 4 is 12.4 Å². The van der Waals surface area contributed by atoms with Crippen LogP contribution < -0.4 is 5.32 Å². The molecule has 0 aromatic heterocycles. The lowest BCUT2D eigenvalue weighted by atomic mass is 9.94. The van der Waals surface area contributed by atoms with E-state index in [0.717, 1.165) is 17.4 Å². The van der Waals surface area contributed by atoms with E-state index >= 15 is 0 Å². The molecule has 1 rings (SSSR count). The Kier molecular flexibility index (Phi) is 7.23. The maximum atomic E-state index is 11.9. The molecule has 0 saturated carbocycles. The molecule has 0 aliphatic carbocycles. The smallest absolute Gasteiger partial charge is 0.408 e. The normalized spacial score (nSPS) is 14.0. The highest BCUT2D eigenvalue weighted by molar-refractivity contribution is 5.68. The number of alkyl carbamates (subject to hydrolysis) is 1. The van der Waals surface area contributed by atoms with Gasteiger partial charge in [0.1, 0.15) is 11.9 Å². The summed E-state index contributed by atoms with van der Waals surface area (Å²) >= 11 is 0. The third kappa shape index (κ3) is 6.82. The van der Waals surface area contributed by atoms with Crippen LogP contribution in [0.4, 0.5) is 4.79 Å². The molecule has 0 heterocycles. The number of carbonyl (C=O) groups is 2. The van der Waals surface area contributed by atoms with Gasteiger partial charge in [0, 0.05) is 5.92 Å². The summed E-state index contributed by atoms with van der Waals surface area (Å²) in [5.41, 5.74) is 1.50. The highest BCUT2D eigenvalue weighted by Gasteiger charge is 2.19. The van der Waals surface area contributed by atoms with Crippen molar-refractivity contribution in [3.05, 3.63) is 35.4 Å². The largest absolute Gasteiger partial charge is 0.444 e. The Morgan fingerprint density at radius 2 is 2.00 bits per heavy atom. The lowest BCUT2D eigenvalue weighted by molar-refractivity contribution is -0.112. The van der Waals surface area contributed by atoms with E-state index in [9.17, 15) is 9.59 Å². The zero-order valence-corrected chi connectivity index (χ0v) is 14.3. The molecule has 2 N–H and O–H groups in total. The zero-order chi connectivity index (χ0) is 17.5. The molecule has 0 fully saturated rings. The lowest BCUT2D eigenvalue weighted by Gasteiger charge is -2.23. The second-order valence-corrected chi connectivity index (χ2v) is 6.68. The van der Waals surface area contributed by atoms with Crippen LogP contribution in [0.5, 0.6) is 0 Å². The Balaban J connectivity index is 2.75. The molecule has 0 aliphatic rings. The number of nitrogens with one attached hydrogen (secondary N) is 1. The number of aryl methyl sites for hydroxylation is 1. The fourth-order valence-electron chi connectivity index (χ4n) is 2.29. The number of aliphatic hydroxyl groups is 1. The topological polar surface area (TPSA) is 75.6 Å². The SMILES string of the molecule is CC(NC(=O)OC(C)(C)C)c1ccccc1CC[C@H](C=O)CO. The number of hydrogen-bond donors (Lipinski definition) is 2. The van der Waals surface area contributed by atoms with Crippen LogP contribution >= 0.6 is 0 Å². The van der Waals surface area contributed by atoms with Gasteiger partial charge in [-0.2, -0.15) is 0 Å². The van der Waals surface area contributed by atoms with E-state index in [1.54, 1.807) is 0 Å². The van der Waals surface area contributed by atoms with Crippen LogP contribution in [0, 0.1) is 5.92 Å². The Bertz CT molecular complexity index is 522. The summed E-state index contributed by atoms with van der Waals surface area (Å²) in [6, 6.07) is 7.56. The molecule has 1 amide bonds. The summed E-state index contributed by atoms with van der Waals surface area (Å²) in [6.45, 7) is 7.21. The van der Waals surface area contributed by atoms with Crippen LogP contribution in [0.15, 0.2) is 24.3 Å². The summed E-state index contributed by atoms with van der Waals surface area (Å²) in [7, 11) is 0. The molecule has 0 saturated heterocycles. The van der Waals surface area contributed by atoms with E-state index in [1.807, 2.05) is 52.0 Å². The molecular weight excluding hydrogens is 294 g/mol. The number of carbonyl (C=O) groups excluding carboxylic acids is 2. The van der Waals surface area contributed by atoms with Gasteiger partial charge in [-0.15, -0.1) is 0 Å². The molecule has 128 valence electrons. The average molecular weight is 321 g/mol. The standard InChI is InChI=1S/C18H27NO4/c1-13(19-17(22)23-18(2,3)4)16-8-6-5-7-15(16)10-9-14(11-20)12-21/h5-8,11,13-14,21H,9-10,12H2,1-4H3,(H,19,22)/t13?,14-/m1/s1. The van der Waals surface area contributed by atoms with Crippen LogP contribution in [-0.2, 0) is 16.0 Å². The monoisotopic (exact) mass is 321 g/mol. The molecular formula is C18H27NO4. The predicted molar refractivity (Wildman–Crippen MR) is 89.2 cm³/mol. The maximum Gasteiger partial charge on any atom is 0.408 e. The summed E-state index contributed by atoms with van der Waals surface area (Å²) in [5.74, 6) is -0.350. The maximum absolute atomic E-state index is 11.9. The first-order valence-electron chi connectivity index (χ1n) is 7.90. The van der Waals surface area contributed by atoms with E-state index in [4.69, 9.17) is 9.84 Å². The van der Waals surface area contributed by atoms with Crippen LogP contribution in [0.1, 0.15) is 51.3 Å². The van der Waals surface area contributed by atoms with Gasteiger partial charge in [0.2, 0.25) is 0 Å². The highest BCUT2D eigenvalue weighted by Crippen LogP contribution is 2.21. The second-order valence-electron chi connectivity index (χ2n) is 6.68. The molecule has 0 aliphatic heterocycles.